The molecule has 2 rings (SSSR count). The van der Waals surface area contributed by atoms with E-state index in [0.717, 1.165) is 0 Å². The summed E-state index contributed by atoms with van der Waals surface area (Å²) >= 11 is 0. The van der Waals surface area contributed by atoms with Crippen LogP contribution in [0.15, 0.2) is 24.3 Å². The van der Waals surface area contributed by atoms with Crippen LogP contribution in [0.5, 0.6) is 0 Å². The quantitative estimate of drug-likeness (QED) is 0.899. The molecule has 1 amide bonds. The van der Waals surface area contributed by atoms with Gasteiger partial charge in [-0.2, -0.15) is 0 Å². The van der Waals surface area contributed by atoms with E-state index in [9.17, 15) is 14.0 Å². The molecular weight excluding hydrogens is 301 g/mol. The van der Waals surface area contributed by atoms with Crippen molar-refractivity contribution in [1.82, 2.24) is 4.90 Å². The Morgan fingerprint density at radius 3 is 2.39 bits per heavy atom. The summed E-state index contributed by atoms with van der Waals surface area (Å²) < 4.78 is 19.2. The van der Waals surface area contributed by atoms with Crippen molar-refractivity contribution in [2.75, 3.05) is 6.54 Å². The molecule has 0 saturated carbocycles. The zero-order valence-corrected chi connectivity index (χ0v) is 13.6. The molecule has 2 atom stereocenters. The molecule has 0 spiro atoms. The summed E-state index contributed by atoms with van der Waals surface area (Å²) in [5, 5.41) is 8.95. The number of rotatable bonds is 2. The van der Waals surface area contributed by atoms with E-state index in [0.29, 0.717) is 5.56 Å². The Morgan fingerprint density at radius 1 is 1.26 bits per heavy atom. The summed E-state index contributed by atoms with van der Waals surface area (Å²) in [7, 11) is 0. The maximum absolute atomic E-state index is 13.8. The number of ether oxygens (including phenoxy) is 1. The van der Waals surface area contributed by atoms with Crippen LogP contribution >= 0.6 is 0 Å². The molecule has 6 heteroatoms. The topological polar surface area (TPSA) is 66.8 Å². The molecule has 2 unspecified atom stereocenters. The summed E-state index contributed by atoms with van der Waals surface area (Å²) in [6, 6.07) is 5.74. The lowest BCUT2D eigenvalue weighted by Crippen LogP contribution is -2.44. The average Bonchev–Trinajstić information content (AvgIpc) is 2.45. The number of carboxylic acids is 1. The number of hydrogen-bond acceptors (Lipinski definition) is 3. The molecule has 126 valence electrons. The fourth-order valence-electron chi connectivity index (χ4n) is 2.63. The van der Waals surface area contributed by atoms with Crippen molar-refractivity contribution >= 4 is 12.1 Å². The Bertz CT molecular complexity index is 579. The second-order valence-corrected chi connectivity index (χ2v) is 6.74. The molecule has 1 aliphatic heterocycles. The van der Waals surface area contributed by atoms with Gasteiger partial charge in [0.1, 0.15) is 11.8 Å². The number of hydrogen-bond donors (Lipinski definition) is 1. The largest absolute Gasteiger partial charge is 0.478 e. The Kier molecular flexibility index (Phi) is 4.92. The summed E-state index contributed by atoms with van der Waals surface area (Å²) in [6.07, 6.45) is -0.997. The highest BCUT2D eigenvalue weighted by molar-refractivity contribution is 5.87. The number of nitrogens with zero attached hydrogens (tertiary/aromatic N) is 1. The summed E-state index contributed by atoms with van der Waals surface area (Å²) in [5.41, 5.74) is 0.245. The molecule has 5 nitrogen and oxygen atoms in total. The van der Waals surface area contributed by atoms with Gasteiger partial charge in [0.2, 0.25) is 0 Å². The van der Waals surface area contributed by atoms with Crippen LogP contribution in [0.4, 0.5) is 9.18 Å². The Hall–Kier alpha value is -2.11. The molecule has 1 aromatic carbocycles. The fraction of sp³-hybridized carbons (Fsp3) is 0.529. The molecule has 0 aliphatic carbocycles. The van der Waals surface area contributed by atoms with Gasteiger partial charge in [0.25, 0.3) is 0 Å². The van der Waals surface area contributed by atoms with Crippen LogP contribution in [-0.2, 0) is 4.74 Å². The maximum Gasteiger partial charge on any atom is 0.410 e. The van der Waals surface area contributed by atoms with Crippen molar-refractivity contribution in [2.45, 2.75) is 51.4 Å². The number of carbonyl (C=O) groups is 2. The number of amides is 1. The number of benzene rings is 1. The van der Waals surface area contributed by atoms with Crippen LogP contribution < -0.4 is 0 Å². The molecule has 1 N–H and O–H groups in total. The zero-order valence-electron chi connectivity index (χ0n) is 13.6. The summed E-state index contributed by atoms with van der Waals surface area (Å²) in [4.78, 5) is 24.8. The highest BCUT2D eigenvalue weighted by Gasteiger charge is 2.35. The van der Waals surface area contributed by atoms with E-state index >= 15 is 0 Å². The first-order chi connectivity index (χ1) is 10.7. The second kappa shape index (κ2) is 6.56. The number of alkyl halides is 1. The third-order valence-electron chi connectivity index (χ3n) is 3.71. The molecule has 0 radical (unpaired) electrons. The number of carboxylic acid groups (broad SMARTS) is 1. The van der Waals surface area contributed by atoms with Gasteiger partial charge >= 0.3 is 12.1 Å². The van der Waals surface area contributed by atoms with E-state index in [4.69, 9.17) is 9.84 Å². The van der Waals surface area contributed by atoms with Gasteiger partial charge in [0.05, 0.1) is 11.6 Å². The molecule has 1 saturated heterocycles. The lowest BCUT2D eigenvalue weighted by Gasteiger charge is -2.38. The third-order valence-corrected chi connectivity index (χ3v) is 3.71. The van der Waals surface area contributed by atoms with Gasteiger partial charge in [-0.15, -0.1) is 0 Å². The van der Waals surface area contributed by atoms with Crippen LogP contribution in [0, 0.1) is 0 Å². The minimum atomic E-state index is -1.02. The lowest BCUT2D eigenvalue weighted by atomic mass is 9.94. The Balaban J connectivity index is 2.23. The molecular formula is C17H22FNO4. The van der Waals surface area contributed by atoms with Crippen LogP contribution in [-0.4, -0.2) is 40.4 Å². The molecule has 1 fully saturated rings. The molecule has 1 heterocycles. The van der Waals surface area contributed by atoms with E-state index in [1.54, 1.807) is 32.9 Å². The van der Waals surface area contributed by atoms with Crippen molar-refractivity contribution in [3.63, 3.8) is 0 Å². The molecule has 1 aromatic rings. The van der Waals surface area contributed by atoms with Crippen molar-refractivity contribution < 1.29 is 23.8 Å². The maximum atomic E-state index is 13.8. The van der Waals surface area contributed by atoms with Crippen molar-refractivity contribution in [1.29, 1.82) is 0 Å². The average molecular weight is 323 g/mol. The summed E-state index contributed by atoms with van der Waals surface area (Å²) in [5.74, 6) is -1.02. The van der Waals surface area contributed by atoms with Gasteiger partial charge in [0.15, 0.2) is 0 Å². The Morgan fingerprint density at radius 2 is 1.87 bits per heavy atom. The van der Waals surface area contributed by atoms with Crippen molar-refractivity contribution in [3.8, 4) is 0 Å². The number of halogens is 1. The minimum absolute atomic E-state index is 0.158. The number of piperidine rings is 1. The third kappa shape index (κ3) is 4.43. The predicted octanol–water partition coefficient (Wildman–Crippen LogP) is 3.79. The van der Waals surface area contributed by atoms with Gasteiger partial charge in [-0.05, 0) is 44.9 Å². The lowest BCUT2D eigenvalue weighted by molar-refractivity contribution is 0.00162. The SMILES string of the molecule is CC(C)(C)OC(=O)N1CCC(F)CC1c1ccc(C(=O)O)cc1. The molecule has 0 bridgehead atoms. The fourth-order valence-corrected chi connectivity index (χ4v) is 2.63. The molecule has 1 aliphatic rings. The first-order valence-electron chi connectivity index (χ1n) is 7.64. The highest BCUT2D eigenvalue weighted by atomic mass is 19.1. The first-order valence-corrected chi connectivity index (χ1v) is 7.64. The highest BCUT2D eigenvalue weighted by Crippen LogP contribution is 2.33. The molecule has 0 aromatic heterocycles. The minimum Gasteiger partial charge on any atom is -0.478 e. The zero-order chi connectivity index (χ0) is 17.2. The second-order valence-electron chi connectivity index (χ2n) is 6.74. The van der Waals surface area contributed by atoms with Crippen molar-refractivity contribution in [3.05, 3.63) is 35.4 Å². The van der Waals surface area contributed by atoms with Crippen LogP contribution in [0.1, 0.15) is 55.6 Å². The number of likely N-dealkylation sites (tertiary alicyclic amines) is 1. The van der Waals surface area contributed by atoms with Crippen LogP contribution in [0.3, 0.4) is 0 Å². The normalized spacial score (nSPS) is 21.8. The van der Waals surface area contributed by atoms with Gasteiger partial charge in [-0.1, -0.05) is 12.1 Å². The summed E-state index contributed by atoms with van der Waals surface area (Å²) in [6.45, 7) is 5.62. The van der Waals surface area contributed by atoms with E-state index in [1.165, 1.54) is 17.0 Å². The van der Waals surface area contributed by atoms with Crippen LogP contribution in [0.2, 0.25) is 0 Å². The first kappa shape index (κ1) is 17.2. The number of aromatic carboxylic acids is 1. The van der Waals surface area contributed by atoms with Gasteiger partial charge in [0, 0.05) is 13.0 Å². The van der Waals surface area contributed by atoms with E-state index in [1.807, 2.05) is 0 Å². The van der Waals surface area contributed by atoms with E-state index < -0.39 is 29.9 Å². The van der Waals surface area contributed by atoms with Crippen molar-refractivity contribution in [2.24, 2.45) is 0 Å². The van der Waals surface area contributed by atoms with Gasteiger partial charge < -0.3 is 14.7 Å². The van der Waals surface area contributed by atoms with E-state index in [2.05, 4.69) is 0 Å². The Labute approximate surface area is 135 Å². The smallest absolute Gasteiger partial charge is 0.410 e. The van der Waals surface area contributed by atoms with Crippen LogP contribution in [0.25, 0.3) is 0 Å². The number of carbonyl (C=O) groups excluding carboxylic acids is 1. The predicted molar refractivity (Wildman–Crippen MR) is 83.2 cm³/mol. The monoisotopic (exact) mass is 323 g/mol. The molecule has 23 heavy (non-hydrogen) atoms. The standard InChI is InChI=1S/C17H22FNO4/c1-17(2,3)23-16(22)19-9-8-13(18)10-14(19)11-4-6-12(7-5-11)15(20)21/h4-7,13-14H,8-10H2,1-3H3,(H,20,21). The van der Waals surface area contributed by atoms with Gasteiger partial charge in [-0.25, -0.2) is 14.0 Å². The van der Waals surface area contributed by atoms with E-state index in [-0.39, 0.29) is 24.9 Å². The van der Waals surface area contributed by atoms with Gasteiger partial charge in [-0.3, -0.25) is 0 Å².